The molecule has 1 heterocycles. The van der Waals surface area contributed by atoms with Crippen LogP contribution in [0, 0.1) is 5.92 Å². The summed E-state index contributed by atoms with van der Waals surface area (Å²) in [6.45, 7) is 0.364. The predicted molar refractivity (Wildman–Crippen MR) is 90.7 cm³/mol. The second-order valence-electron chi connectivity index (χ2n) is 5.89. The van der Waals surface area contributed by atoms with Crippen LogP contribution >= 0.6 is 15.9 Å². The summed E-state index contributed by atoms with van der Waals surface area (Å²) in [6, 6.07) is 8.12. The Labute approximate surface area is 143 Å². The number of rotatable bonds is 3. The first-order valence-corrected chi connectivity index (χ1v) is 8.38. The molecule has 0 saturated carbocycles. The molecule has 1 atom stereocenters. The van der Waals surface area contributed by atoms with Crippen molar-refractivity contribution in [3.8, 4) is 0 Å². The van der Waals surface area contributed by atoms with E-state index >= 15 is 0 Å². The molecule has 4 nitrogen and oxygen atoms in total. The second kappa shape index (κ2) is 6.42. The average molecular weight is 376 g/mol. The number of ether oxygens (including phenoxy) is 1. The van der Waals surface area contributed by atoms with Crippen molar-refractivity contribution in [2.45, 2.75) is 18.6 Å². The van der Waals surface area contributed by atoms with Gasteiger partial charge in [0, 0.05) is 11.5 Å². The van der Waals surface area contributed by atoms with E-state index in [2.05, 4.69) is 28.1 Å². The van der Waals surface area contributed by atoms with Crippen LogP contribution in [0.4, 0.5) is 0 Å². The number of carbonyl (C=O) groups excluding carboxylic acids is 2. The van der Waals surface area contributed by atoms with Gasteiger partial charge in [0.25, 0.3) is 0 Å². The predicted octanol–water partition coefficient (Wildman–Crippen LogP) is 2.88. The molecule has 0 bridgehead atoms. The minimum Gasteiger partial charge on any atom is -0.347 e. The lowest BCUT2D eigenvalue weighted by Crippen LogP contribution is -2.57. The Bertz CT molecular complexity index is 662. The number of likely N-dealkylation sites (N-methyl/N-ethyl adjacent to an activating group) is 1. The monoisotopic (exact) mass is 375 g/mol. The highest BCUT2D eigenvalue weighted by atomic mass is 79.9. The third-order valence-electron chi connectivity index (χ3n) is 4.39. The van der Waals surface area contributed by atoms with E-state index in [-0.39, 0.29) is 17.6 Å². The van der Waals surface area contributed by atoms with Crippen molar-refractivity contribution in [3.63, 3.8) is 0 Å². The number of benzene rings is 1. The Morgan fingerprint density at radius 1 is 1.22 bits per heavy atom. The zero-order valence-corrected chi connectivity index (χ0v) is 14.5. The van der Waals surface area contributed by atoms with Gasteiger partial charge in [0.2, 0.25) is 5.91 Å². The van der Waals surface area contributed by atoms with Crippen molar-refractivity contribution in [2.24, 2.45) is 5.92 Å². The van der Waals surface area contributed by atoms with Crippen LogP contribution in [0.3, 0.4) is 0 Å². The van der Waals surface area contributed by atoms with Gasteiger partial charge in [0.1, 0.15) is 0 Å². The SMILES string of the molecule is CN1C(=O)C(CCc2ccc(Br)cc2)COC12C=CC(=O)C=C2. The first kappa shape index (κ1) is 16.1. The normalized spacial score (nSPS) is 22.9. The molecule has 2 aliphatic rings. The van der Waals surface area contributed by atoms with Gasteiger partial charge >= 0.3 is 0 Å². The van der Waals surface area contributed by atoms with Crippen LogP contribution in [0.5, 0.6) is 0 Å². The zero-order chi connectivity index (χ0) is 16.4. The minimum atomic E-state index is -0.904. The lowest BCUT2D eigenvalue weighted by molar-refractivity contribution is -0.175. The fraction of sp³-hybridized carbons (Fsp3) is 0.333. The highest BCUT2D eigenvalue weighted by molar-refractivity contribution is 9.10. The highest BCUT2D eigenvalue weighted by Gasteiger charge is 2.43. The summed E-state index contributed by atoms with van der Waals surface area (Å²) in [6.07, 6.45) is 7.78. The Morgan fingerprint density at radius 2 is 1.87 bits per heavy atom. The number of amides is 1. The molecule has 5 heteroatoms. The van der Waals surface area contributed by atoms with Crippen LogP contribution in [0.2, 0.25) is 0 Å². The molecule has 1 aromatic carbocycles. The van der Waals surface area contributed by atoms with Crippen LogP contribution in [0.25, 0.3) is 0 Å². The molecule has 1 saturated heterocycles. The largest absolute Gasteiger partial charge is 0.347 e. The number of ketones is 1. The number of carbonyl (C=O) groups is 2. The molecule has 1 amide bonds. The standard InChI is InChI=1S/C18H18BrNO3/c1-20-17(22)14(5-2-13-3-6-15(19)7-4-13)12-23-18(20)10-8-16(21)9-11-18/h3-4,6-11,14H,2,5,12H2,1H3. The molecule has 23 heavy (non-hydrogen) atoms. The second-order valence-corrected chi connectivity index (χ2v) is 6.81. The van der Waals surface area contributed by atoms with Gasteiger partial charge in [-0.05, 0) is 54.8 Å². The molecule has 0 radical (unpaired) electrons. The maximum absolute atomic E-state index is 12.6. The summed E-state index contributed by atoms with van der Waals surface area (Å²) in [5.41, 5.74) is 0.297. The van der Waals surface area contributed by atoms with Crippen molar-refractivity contribution in [3.05, 3.63) is 58.6 Å². The highest BCUT2D eigenvalue weighted by Crippen LogP contribution is 2.31. The molecule has 0 aromatic heterocycles. The van der Waals surface area contributed by atoms with E-state index in [0.29, 0.717) is 6.61 Å². The van der Waals surface area contributed by atoms with Crippen LogP contribution < -0.4 is 0 Å². The van der Waals surface area contributed by atoms with Gasteiger partial charge in [-0.25, -0.2) is 0 Å². The Hall–Kier alpha value is -1.72. The van der Waals surface area contributed by atoms with Crippen LogP contribution in [-0.4, -0.2) is 36.0 Å². The molecule has 3 rings (SSSR count). The van der Waals surface area contributed by atoms with Crippen LogP contribution in [0.1, 0.15) is 12.0 Å². The van der Waals surface area contributed by atoms with Gasteiger partial charge in [-0.3, -0.25) is 9.59 Å². The van der Waals surface area contributed by atoms with E-state index in [1.165, 1.54) is 17.7 Å². The maximum atomic E-state index is 12.6. The van der Waals surface area contributed by atoms with Crippen LogP contribution in [0.15, 0.2) is 53.0 Å². The van der Waals surface area contributed by atoms with Crippen molar-refractivity contribution in [1.82, 2.24) is 4.90 Å². The molecular formula is C18H18BrNO3. The summed E-state index contributed by atoms with van der Waals surface area (Å²) in [5, 5.41) is 0. The first-order valence-electron chi connectivity index (χ1n) is 7.59. The smallest absolute Gasteiger partial charge is 0.230 e. The van der Waals surface area contributed by atoms with E-state index in [1.807, 2.05) is 12.1 Å². The Kier molecular flexibility index (Phi) is 4.50. The fourth-order valence-corrected chi connectivity index (χ4v) is 3.15. The molecule has 1 fully saturated rings. The quantitative estimate of drug-likeness (QED) is 0.815. The molecule has 1 spiro atoms. The number of hydrogen-bond acceptors (Lipinski definition) is 3. The molecular weight excluding hydrogens is 358 g/mol. The van der Waals surface area contributed by atoms with E-state index < -0.39 is 5.72 Å². The number of nitrogens with zero attached hydrogens (tertiary/aromatic N) is 1. The third-order valence-corrected chi connectivity index (χ3v) is 4.92. The van der Waals surface area contributed by atoms with Crippen molar-refractivity contribution < 1.29 is 14.3 Å². The van der Waals surface area contributed by atoms with Crippen molar-refractivity contribution in [2.75, 3.05) is 13.7 Å². The number of aryl methyl sites for hydroxylation is 1. The van der Waals surface area contributed by atoms with Gasteiger partial charge in [0.15, 0.2) is 11.5 Å². The molecule has 120 valence electrons. The van der Waals surface area contributed by atoms with E-state index in [4.69, 9.17) is 4.74 Å². The first-order chi connectivity index (χ1) is 11.0. The summed E-state index contributed by atoms with van der Waals surface area (Å²) >= 11 is 3.42. The maximum Gasteiger partial charge on any atom is 0.230 e. The number of hydrogen-bond donors (Lipinski definition) is 0. The zero-order valence-electron chi connectivity index (χ0n) is 12.9. The summed E-state index contributed by atoms with van der Waals surface area (Å²) in [5.74, 6) is -0.192. The van der Waals surface area contributed by atoms with Gasteiger partial charge in [-0.1, -0.05) is 28.1 Å². The average Bonchev–Trinajstić information content (AvgIpc) is 2.56. The van der Waals surface area contributed by atoms with Crippen molar-refractivity contribution in [1.29, 1.82) is 0 Å². The van der Waals surface area contributed by atoms with Gasteiger partial charge < -0.3 is 9.64 Å². The van der Waals surface area contributed by atoms with Gasteiger partial charge in [-0.2, -0.15) is 0 Å². The minimum absolute atomic E-state index is 0.0528. The van der Waals surface area contributed by atoms with E-state index in [1.54, 1.807) is 24.1 Å². The Balaban J connectivity index is 1.65. The van der Waals surface area contributed by atoms with Gasteiger partial charge in [-0.15, -0.1) is 0 Å². The lowest BCUT2D eigenvalue weighted by atomic mass is 9.94. The fourth-order valence-electron chi connectivity index (χ4n) is 2.88. The molecule has 1 aromatic rings. The number of halogens is 1. The molecule has 0 N–H and O–H groups in total. The summed E-state index contributed by atoms with van der Waals surface area (Å²) in [7, 11) is 1.72. The summed E-state index contributed by atoms with van der Waals surface area (Å²) in [4.78, 5) is 25.5. The lowest BCUT2D eigenvalue weighted by Gasteiger charge is -2.44. The molecule has 1 unspecified atom stereocenters. The van der Waals surface area contributed by atoms with Crippen molar-refractivity contribution >= 4 is 27.6 Å². The summed E-state index contributed by atoms with van der Waals surface area (Å²) < 4.78 is 6.98. The van der Waals surface area contributed by atoms with E-state index in [0.717, 1.165) is 17.3 Å². The molecule has 1 aliphatic carbocycles. The molecule has 1 aliphatic heterocycles. The Morgan fingerprint density at radius 3 is 2.52 bits per heavy atom. The third kappa shape index (κ3) is 3.31. The van der Waals surface area contributed by atoms with E-state index in [9.17, 15) is 9.59 Å². The number of allylic oxidation sites excluding steroid dienone is 2. The van der Waals surface area contributed by atoms with Gasteiger partial charge in [0.05, 0.1) is 12.5 Å². The van der Waals surface area contributed by atoms with Crippen LogP contribution in [-0.2, 0) is 20.7 Å². The topological polar surface area (TPSA) is 46.6 Å².